The van der Waals surface area contributed by atoms with E-state index >= 15 is 0 Å². The highest BCUT2D eigenvalue weighted by Gasteiger charge is 2.32. The molecule has 0 bridgehead atoms. The Kier molecular flexibility index (Phi) is 5.63. The van der Waals surface area contributed by atoms with E-state index in [4.69, 9.17) is 14.8 Å². The first kappa shape index (κ1) is 19.8. The van der Waals surface area contributed by atoms with Crippen LogP contribution in [0.3, 0.4) is 0 Å². The lowest BCUT2D eigenvalue weighted by atomic mass is 9.85. The van der Waals surface area contributed by atoms with Crippen molar-refractivity contribution in [1.82, 2.24) is 19.5 Å². The van der Waals surface area contributed by atoms with E-state index in [9.17, 15) is 4.79 Å². The highest BCUT2D eigenvalue weighted by atomic mass is 16.5. The first-order chi connectivity index (χ1) is 14.7. The number of hydrogen-bond acceptors (Lipinski definition) is 5. The molecule has 3 aliphatic rings. The van der Waals surface area contributed by atoms with Crippen LogP contribution in [0.4, 0.5) is 5.69 Å². The predicted octanol–water partition coefficient (Wildman–Crippen LogP) is 3.24. The van der Waals surface area contributed by atoms with Gasteiger partial charge in [0, 0.05) is 45.1 Å². The van der Waals surface area contributed by atoms with E-state index in [1.165, 1.54) is 18.5 Å². The number of piperidine rings is 1. The molecule has 5 rings (SSSR count). The summed E-state index contributed by atoms with van der Waals surface area (Å²) in [5, 5.41) is 4.81. The summed E-state index contributed by atoms with van der Waals surface area (Å²) in [5.41, 5.74) is 2.15. The summed E-state index contributed by atoms with van der Waals surface area (Å²) in [4.78, 5) is 22.2. The lowest BCUT2D eigenvalue weighted by Gasteiger charge is -2.35. The second-order valence-electron chi connectivity index (χ2n) is 9.16. The molecule has 0 N–H and O–H groups in total. The minimum atomic E-state index is 0.185. The molecular formula is C23H33N5O2. The summed E-state index contributed by atoms with van der Waals surface area (Å²) in [6.45, 7) is 3.91. The van der Waals surface area contributed by atoms with Crippen LogP contribution in [-0.4, -0.2) is 64.8 Å². The van der Waals surface area contributed by atoms with E-state index in [2.05, 4.69) is 28.1 Å². The largest absolute Gasteiger partial charge is 0.381 e. The Labute approximate surface area is 178 Å². The summed E-state index contributed by atoms with van der Waals surface area (Å²) >= 11 is 0. The molecule has 2 aliphatic heterocycles. The number of pyridine rings is 1. The number of aromatic nitrogens is 3. The zero-order valence-corrected chi connectivity index (χ0v) is 18.0. The maximum absolute atomic E-state index is 12.9. The third-order valence-corrected chi connectivity index (χ3v) is 7.33. The number of rotatable bonds is 4. The van der Waals surface area contributed by atoms with Crippen molar-refractivity contribution >= 4 is 17.2 Å². The quantitative estimate of drug-likeness (QED) is 0.773. The Bertz CT molecular complexity index is 875. The molecule has 1 saturated carbocycles. The van der Waals surface area contributed by atoms with Gasteiger partial charge in [0.05, 0.1) is 18.0 Å². The van der Waals surface area contributed by atoms with E-state index in [1.54, 1.807) is 7.11 Å². The van der Waals surface area contributed by atoms with Crippen molar-refractivity contribution < 1.29 is 9.53 Å². The second-order valence-corrected chi connectivity index (χ2v) is 9.16. The summed E-state index contributed by atoms with van der Waals surface area (Å²) in [6, 6.07) is 4.25. The summed E-state index contributed by atoms with van der Waals surface area (Å²) in [6.07, 6.45) is 10.8. The summed E-state index contributed by atoms with van der Waals surface area (Å²) < 4.78 is 7.38. The normalized spacial score (nSPS) is 25.9. The number of nitrogens with zero attached hydrogens (tertiary/aromatic N) is 5. The van der Waals surface area contributed by atoms with Crippen molar-refractivity contribution in [2.75, 3.05) is 38.2 Å². The number of likely N-dealkylation sites (tertiary alicyclic amines) is 1. The van der Waals surface area contributed by atoms with Crippen LogP contribution in [0.15, 0.2) is 18.3 Å². The topological polar surface area (TPSA) is 63.0 Å². The number of carbonyl (C=O) groups is 1. The zero-order chi connectivity index (χ0) is 20.5. The summed E-state index contributed by atoms with van der Waals surface area (Å²) in [5.74, 6) is 1.81. The third kappa shape index (κ3) is 3.92. The molecule has 2 aromatic rings. The number of anilines is 1. The molecule has 7 heteroatoms. The highest BCUT2D eigenvalue weighted by Crippen LogP contribution is 2.31. The molecule has 0 spiro atoms. The molecule has 162 valence electrons. The molecule has 3 fully saturated rings. The smallest absolute Gasteiger partial charge is 0.225 e. The van der Waals surface area contributed by atoms with E-state index < -0.39 is 0 Å². The van der Waals surface area contributed by atoms with Gasteiger partial charge < -0.3 is 14.5 Å². The van der Waals surface area contributed by atoms with Crippen molar-refractivity contribution in [3.05, 3.63) is 24.2 Å². The Morgan fingerprint density at radius 1 is 1.00 bits per heavy atom. The fourth-order valence-corrected chi connectivity index (χ4v) is 5.39. The van der Waals surface area contributed by atoms with Crippen molar-refractivity contribution in [3.8, 4) is 0 Å². The molecule has 0 radical (unpaired) electrons. The van der Waals surface area contributed by atoms with Crippen LogP contribution in [0.5, 0.6) is 0 Å². The Hall–Kier alpha value is -2.15. The zero-order valence-electron chi connectivity index (χ0n) is 18.0. The standard InChI is InChI=1S/C23H33N5O2/c1-30-20-7-4-18(5-8-20)23(29)27-14-10-17(11-15-27)22-24-21-9-6-19(16-28(21)25-22)26-12-2-3-13-26/h6,9,16-18,20H,2-5,7-8,10-15H2,1H3. The number of methoxy groups -OCH3 is 1. The van der Waals surface area contributed by atoms with Gasteiger partial charge in [0.1, 0.15) is 0 Å². The highest BCUT2D eigenvalue weighted by molar-refractivity contribution is 5.79. The number of carbonyl (C=O) groups excluding carboxylic acids is 1. The summed E-state index contributed by atoms with van der Waals surface area (Å²) in [7, 11) is 1.78. The van der Waals surface area contributed by atoms with Crippen LogP contribution < -0.4 is 4.90 Å². The lowest BCUT2D eigenvalue weighted by molar-refractivity contribution is -0.138. The maximum Gasteiger partial charge on any atom is 0.225 e. The van der Waals surface area contributed by atoms with Crippen LogP contribution >= 0.6 is 0 Å². The van der Waals surface area contributed by atoms with Gasteiger partial charge in [-0.05, 0) is 63.5 Å². The van der Waals surface area contributed by atoms with Crippen molar-refractivity contribution in [1.29, 1.82) is 0 Å². The Morgan fingerprint density at radius 3 is 2.43 bits per heavy atom. The first-order valence-electron chi connectivity index (χ1n) is 11.6. The molecule has 0 aromatic carbocycles. The number of ether oxygens (including phenoxy) is 1. The molecule has 30 heavy (non-hydrogen) atoms. The molecular weight excluding hydrogens is 378 g/mol. The number of fused-ring (bicyclic) bond motifs is 1. The minimum absolute atomic E-state index is 0.185. The van der Waals surface area contributed by atoms with Crippen LogP contribution in [0.1, 0.15) is 63.1 Å². The Morgan fingerprint density at radius 2 is 1.73 bits per heavy atom. The fraction of sp³-hybridized carbons (Fsp3) is 0.696. The monoisotopic (exact) mass is 411 g/mol. The van der Waals surface area contributed by atoms with Gasteiger partial charge in [-0.3, -0.25) is 4.79 Å². The van der Waals surface area contributed by atoms with Crippen LogP contribution in [-0.2, 0) is 9.53 Å². The van der Waals surface area contributed by atoms with E-state index in [0.717, 1.165) is 76.2 Å². The Balaban J connectivity index is 1.20. The van der Waals surface area contributed by atoms with Gasteiger partial charge in [0.2, 0.25) is 5.91 Å². The van der Waals surface area contributed by atoms with E-state index in [0.29, 0.717) is 17.9 Å². The molecule has 1 aliphatic carbocycles. The third-order valence-electron chi connectivity index (χ3n) is 7.33. The van der Waals surface area contributed by atoms with E-state index in [-0.39, 0.29) is 5.92 Å². The number of amides is 1. The van der Waals surface area contributed by atoms with Gasteiger partial charge in [-0.25, -0.2) is 9.50 Å². The molecule has 2 aromatic heterocycles. The van der Waals surface area contributed by atoms with Crippen molar-refractivity contribution in [3.63, 3.8) is 0 Å². The molecule has 0 unspecified atom stereocenters. The fourth-order valence-electron chi connectivity index (χ4n) is 5.39. The average Bonchev–Trinajstić information content (AvgIpc) is 3.48. The molecule has 2 saturated heterocycles. The van der Waals surface area contributed by atoms with Crippen molar-refractivity contribution in [2.24, 2.45) is 5.92 Å². The van der Waals surface area contributed by atoms with Gasteiger partial charge in [-0.15, -0.1) is 0 Å². The van der Waals surface area contributed by atoms with E-state index in [1.807, 2.05) is 4.52 Å². The van der Waals surface area contributed by atoms with Gasteiger partial charge in [-0.2, -0.15) is 5.10 Å². The molecule has 0 atom stereocenters. The molecule has 4 heterocycles. The molecule has 7 nitrogen and oxygen atoms in total. The number of hydrogen-bond donors (Lipinski definition) is 0. The van der Waals surface area contributed by atoms with Gasteiger partial charge >= 0.3 is 0 Å². The van der Waals surface area contributed by atoms with Crippen LogP contribution in [0.25, 0.3) is 5.65 Å². The van der Waals surface area contributed by atoms with Gasteiger partial charge in [0.25, 0.3) is 0 Å². The second kappa shape index (κ2) is 8.53. The van der Waals surface area contributed by atoms with Gasteiger partial charge in [0.15, 0.2) is 11.5 Å². The average molecular weight is 412 g/mol. The van der Waals surface area contributed by atoms with Crippen LogP contribution in [0.2, 0.25) is 0 Å². The lowest BCUT2D eigenvalue weighted by Crippen LogP contribution is -2.42. The predicted molar refractivity (Wildman–Crippen MR) is 116 cm³/mol. The first-order valence-corrected chi connectivity index (χ1v) is 11.6. The SMILES string of the molecule is COC1CCC(C(=O)N2CCC(c3nc4ccc(N5CCCC5)cn4n3)CC2)CC1. The van der Waals surface area contributed by atoms with Gasteiger partial charge in [-0.1, -0.05) is 0 Å². The minimum Gasteiger partial charge on any atom is -0.381 e. The van der Waals surface area contributed by atoms with Crippen LogP contribution in [0, 0.1) is 5.92 Å². The van der Waals surface area contributed by atoms with Crippen molar-refractivity contribution in [2.45, 2.75) is 63.4 Å². The molecule has 1 amide bonds. The maximum atomic E-state index is 12.9.